The van der Waals surface area contributed by atoms with Crippen molar-refractivity contribution in [2.45, 2.75) is 45.6 Å². The van der Waals surface area contributed by atoms with Crippen LogP contribution < -0.4 is 5.32 Å². The van der Waals surface area contributed by atoms with Gasteiger partial charge in [0.05, 0.1) is 0 Å². The lowest BCUT2D eigenvalue weighted by Crippen LogP contribution is -2.31. The fraction of sp³-hybridized carbons (Fsp3) is 0.833. The number of carbonyl (C=O) groups excluding carboxylic acids is 2. The van der Waals surface area contributed by atoms with E-state index in [1.165, 1.54) is 4.90 Å². The lowest BCUT2D eigenvalue weighted by atomic mass is 10.1. The van der Waals surface area contributed by atoms with Gasteiger partial charge in [0.2, 0.25) is 11.8 Å². The van der Waals surface area contributed by atoms with Crippen molar-refractivity contribution in [1.29, 1.82) is 0 Å². The Morgan fingerprint density at radius 2 is 2.12 bits per heavy atom. The first kappa shape index (κ1) is 13.2. The van der Waals surface area contributed by atoms with E-state index in [0.29, 0.717) is 19.0 Å². The summed E-state index contributed by atoms with van der Waals surface area (Å²) in [5.74, 6) is -0.102. The molecule has 1 fully saturated rings. The molecule has 2 atom stereocenters. The van der Waals surface area contributed by atoms with Crippen LogP contribution in [0.3, 0.4) is 0 Å². The summed E-state index contributed by atoms with van der Waals surface area (Å²) in [6.07, 6.45) is 3.44. The maximum Gasteiger partial charge on any atom is 0.232 e. The molecule has 1 aliphatic rings. The topological polar surface area (TPSA) is 49.4 Å². The van der Waals surface area contributed by atoms with Gasteiger partial charge in [-0.2, -0.15) is 0 Å². The zero-order valence-electron chi connectivity index (χ0n) is 10.5. The van der Waals surface area contributed by atoms with Crippen LogP contribution in [-0.4, -0.2) is 36.3 Å². The zero-order valence-corrected chi connectivity index (χ0v) is 10.5. The molecule has 1 aliphatic heterocycles. The van der Waals surface area contributed by atoms with Crippen molar-refractivity contribution in [3.63, 3.8) is 0 Å². The molecule has 4 nitrogen and oxygen atoms in total. The van der Waals surface area contributed by atoms with Gasteiger partial charge in [-0.15, -0.1) is 0 Å². The van der Waals surface area contributed by atoms with Crippen molar-refractivity contribution >= 4 is 11.8 Å². The van der Waals surface area contributed by atoms with Crippen molar-refractivity contribution in [3.8, 4) is 0 Å². The molecule has 2 unspecified atom stereocenters. The van der Waals surface area contributed by atoms with E-state index in [-0.39, 0.29) is 17.7 Å². The molecular formula is C12H22N2O2. The summed E-state index contributed by atoms with van der Waals surface area (Å²) in [6, 6.07) is 0.504. The Bertz CT molecular complexity index is 266. The lowest BCUT2D eigenvalue weighted by molar-refractivity contribution is -0.139. The highest BCUT2D eigenvalue weighted by Crippen LogP contribution is 2.19. The van der Waals surface area contributed by atoms with Crippen LogP contribution in [-0.2, 0) is 9.59 Å². The van der Waals surface area contributed by atoms with E-state index in [4.69, 9.17) is 0 Å². The summed E-state index contributed by atoms with van der Waals surface area (Å²) in [7, 11) is 1.94. The van der Waals surface area contributed by atoms with Gasteiger partial charge in [-0.05, 0) is 26.8 Å². The van der Waals surface area contributed by atoms with Crippen LogP contribution in [0, 0.1) is 5.92 Å². The first-order valence-electron chi connectivity index (χ1n) is 6.07. The van der Waals surface area contributed by atoms with Crippen LogP contribution in [0.15, 0.2) is 0 Å². The third-order valence-electron chi connectivity index (χ3n) is 3.23. The normalized spacial score (nSPS) is 22.9. The highest BCUT2D eigenvalue weighted by Gasteiger charge is 2.34. The van der Waals surface area contributed by atoms with Crippen LogP contribution >= 0.6 is 0 Å². The van der Waals surface area contributed by atoms with Gasteiger partial charge in [-0.3, -0.25) is 14.5 Å². The Balaban J connectivity index is 2.23. The number of imide groups is 1. The third-order valence-corrected chi connectivity index (χ3v) is 3.23. The Morgan fingerprint density at radius 1 is 1.44 bits per heavy atom. The second-order valence-electron chi connectivity index (χ2n) is 4.67. The fourth-order valence-electron chi connectivity index (χ4n) is 1.95. The van der Waals surface area contributed by atoms with Crippen molar-refractivity contribution < 1.29 is 9.59 Å². The van der Waals surface area contributed by atoms with Crippen molar-refractivity contribution in [2.75, 3.05) is 13.6 Å². The molecule has 0 spiro atoms. The Morgan fingerprint density at radius 3 is 2.62 bits per heavy atom. The standard InChI is InChI=1S/C12H22N2O2/c1-9-8-11(15)14(12(9)16)7-5-4-6-10(2)13-3/h9-10,13H,4-8H2,1-3H3. The number of rotatable bonds is 6. The molecule has 0 saturated carbocycles. The van der Waals surface area contributed by atoms with Crippen LogP contribution in [0.4, 0.5) is 0 Å². The van der Waals surface area contributed by atoms with Gasteiger partial charge < -0.3 is 5.32 Å². The highest BCUT2D eigenvalue weighted by atomic mass is 16.2. The average molecular weight is 226 g/mol. The van der Waals surface area contributed by atoms with E-state index in [9.17, 15) is 9.59 Å². The van der Waals surface area contributed by atoms with E-state index >= 15 is 0 Å². The number of amides is 2. The first-order valence-corrected chi connectivity index (χ1v) is 6.07. The van der Waals surface area contributed by atoms with E-state index in [2.05, 4.69) is 12.2 Å². The van der Waals surface area contributed by atoms with Gasteiger partial charge in [-0.1, -0.05) is 13.3 Å². The van der Waals surface area contributed by atoms with Crippen LogP contribution in [0.5, 0.6) is 0 Å². The second-order valence-corrected chi connectivity index (χ2v) is 4.67. The molecule has 0 radical (unpaired) electrons. The summed E-state index contributed by atoms with van der Waals surface area (Å²) >= 11 is 0. The number of hydrogen-bond acceptors (Lipinski definition) is 3. The summed E-state index contributed by atoms with van der Waals surface area (Å²) < 4.78 is 0. The molecule has 0 aromatic heterocycles. The largest absolute Gasteiger partial charge is 0.317 e. The average Bonchev–Trinajstić information content (AvgIpc) is 2.49. The third kappa shape index (κ3) is 3.30. The number of carbonyl (C=O) groups is 2. The summed E-state index contributed by atoms with van der Waals surface area (Å²) in [6.45, 7) is 4.55. The molecule has 0 aliphatic carbocycles. The van der Waals surface area contributed by atoms with Gasteiger partial charge in [-0.25, -0.2) is 0 Å². The Hall–Kier alpha value is -0.900. The number of unbranched alkanes of at least 4 members (excludes halogenated alkanes) is 1. The maximum absolute atomic E-state index is 11.6. The molecule has 92 valence electrons. The molecule has 4 heteroatoms. The van der Waals surface area contributed by atoms with E-state index in [0.717, 1.165) is 19.3 Å². The quantitative estimate of drug-likeness (QED) is 0.546. The second kappa shape index (κ2) is 5.99. The van der Waals surface area contributed by atoms with Crippen LogP contribution in [0.1, 0.15) is 39.5 Å². The minimum Gasteiger partial charge on any atom is -0.317 e. The van der Waals surface area contributed by atoms with Crippen LogP contribution in [0.2, 0.25) is 0 Å². The molecule has 16 heavy (non-hydrogen) atoms. The number of nitrogens with zero attached hydrogens (tertiary/aromatic N) is 1. The highest BCUT2D eigenvalue weighted by molar-refractivity contribution is 6.03. The van der Waals surface area contributed by atoms with Gasteiger partial charge in [0.15, 0.2) is 0 Å². The van der Waals surface area contributed by atoms with Gasteiger partial charge in [0.1, 0.15) is 0 Å². The molecule has 1 rings (SSSR count). The predicted octanol–water partition coefficient (Wildman–Crippen LogP) is 1.16. The zero-order chi connectivity index (χ0) is 12.1. The first-order chi connectivity index (χ1) is 7.56. The SMILES string of the molecule is CNC(C)CCCCN1C(=O)CC(C)C1=O. The smallest absolute Gasteiger partial charge is 0.232 e. The Labute approximate surface area is 97.4 Å². The number of hydrogen-bond donors (Lipinski definition) is 1. The summed E-state index contributed by atoms with van der Waals surface area (Å²) in [5, 5.41) is 3.17. The summed E-state index contributed by atoms with van der Waals surface area (Å²) in [5.41, 5.74) is 0. The maximum atomic E-state index is 11.6. The monoisotopic (exact) mass is 226 g/mol. The Kier molecular flexibility index (Phi) is 4.93. The molecule has 0 aromatic carbocycles. The van der Waals surface area contributed by atoms with Gasteiger partial charge in [0.25, 0.3) is 0 Å². The molecule has 1 heterocycles. The van der Waals surface area contributed by atoms with Crippen molar-refractivity contribution in [1.82, 2.24) is 10.2 Å². The van der Waals surface area contributed by atoms with E-state index in [1.54, 1.807) is 0 Å². The molecule has 1 N–H and O–H groups in total. The molecular weight excluding hydrogens is 204 g/mol. The minimum absolute atomic E-state index is 0.000773. The lowest BCUT2D eigenvalue weighted by Gasteiger charge is -2.15. The van der Waals surface area contributed by atoms with Gasteiger partial charge in [0, 0.05) is 24.9 Å². The molecule has 1 saturated heterocycles. The molecule has 0 bridgehead atoms. The van der Waals surface area contributed by atoms with E-state index in [1.807, 2.05) is 14.0 Å². The van der Waals surface area contributed by atoms with Crippen LogP contribution in [0.25, 0.3) is 0 Å². The predicted molar refractivity (Wildman–Crippen MR) is 62.9 cm³/mol. The van der Waals surface area contributed by atoms with Crippen molar-refractivity contribution in [3.05, 3.63) is 0 Å². The number of likely N-dealkylation sites (tertiary alicyclic amines) is 1. The van der Waals surface area contributed by atoms with E-state index < -0.39 is 0 Å². The fourth-order valence-corrected chi connectivity index (χ4v) is 1.95. The summed E-state index contributed by atoms with van der Waals surface area (Å²) in [4.78, 5) is 24.5. The minimum atomic E-state index is -0.108. The van der Waals surface area contributed by atoms with Gasteiger partial charge >= 0.3 is 0 Å². The van der Waals surface area contributed by atoms with Crippen molar-refractivity contribution in [2.24, 2.45) is 5.92 Å². The number of nitrogens with one attached hydrogen (secondary N) is 1. The molecule has 0 aromatic rings. The molecule has 2 amide bonds.